The lowest BCUT2D eigenvalue weighted by Gasteiger charge is -2.31. The van der Waals surface area contributed by atoms with E-state index in [-0.39, 0.29) is 5.97 Å². The molecule has 0 saturated heterocycles. The Bertz CT molecular complexity index is 1740. The van der Waals surface area contributed by atoms with E-state index in [4.69, 9.17) is 9.47 Å². The van der Waals surface area contributed by atoms with Crippen molar-refractivity contribution in [2.24, 2.45) is 7.05 Å². The Morgan fingerprint density at radius 1 is 0.897 bits per heavy atom. The summed E-state index contributed by atoms with van der Waals surface area (Å²) in [5.41, 5.74) is 5.61. The number of fused-ring (bicyclic) bond motifs is 2. The number of benzene rings is 4. The van der Waals surface area contributed by atoms with Gasteiger partial charge in [0.15, 0.2) is 5.60 Å². The number of nitrogens with zero attached hydrogens (tertiary/aromatic N) is 2. The number of rotatable bonds is 5. The van der Waals surface area contributed by atoms with Crippen molar-refractivity contribution >= 4 is 28.5 Å². The Morgan fingerprint density at radius 2 is 1.59 bits per heavy atom. The monoisotopic (exact) mass is 516 g/mol. The van der Waals surface area contributed by atoms with E-state index in [0.29, 0.717) is 11.3 Å². The van der Waals surface area contributed by atoms with Crippen LogP contribution in [0.25, 0.3) is 22.2 Å². The maximum absolute atomic E-state index is 13.7. The lowest BCUT2D eigenvalue weighted by Crippen LogP contribution is -2.30. The second kappa shape index (κ2) is 9.17. The van der Waals surface area contributed by atoms with Gasteiger partial charge in [-0.15, -0.1) is 0 Å². The Hall–Kier alpha value is -4.84. The largest absolute Gasteiger partial charge is 0.440 e. The summed E-state index contributed by atoms with van der Waals surface area (Å²) in [6.07, 6.45) is 0. The third kappa shape index (κ3) is 3.79. The Kier molecular flexibility index (Phi) is 5.76. The van der Waals surface area contributed by atoms with Crippen LogP contribution in [-0.4, -0.2) is 30.6 Å². The summed E-state index contributed by atoms with van der Waals surface area (Å²) in [6, 6.07) is 31.4. The lowest BCUT2D eigenvalue weighted by molar-refractivity contribution is -0.131. The van der Waals surface area contributed by atoms with Crippen LogP contribution in [0, 0.1) is 0 Å². The van der Waals surface area contributed by atoms with Gasteiger partial charge in [-0.25, -0.2) is 4.79 Å². The van der Waals surface area contributed by atoms with Crippen LogP contribution in [-0.2, 0) is 22.2 Å². The summed E-state index contributed by atoms with van der Waals surface area (Å²) in [6.45, 7) is 1.37. The topological polar surface area (TPSA) is 60.8 Å². The van der Waals surface area contributed by atoms with E-state index >= 15 is 0 Å². The zero-order valence-corrected chi connectivity index (χ0v) is 22.3. The number of cyclic esters (lactones) is 1. The van der Waals surface area contributed by atoms with Crippen LogP contribution in [0.15, 0.2) is 97.1 Å². The SMILES string of the molecule is CC(=O)Oc1ccc(C2(c3c(-c4ccccc4)n(C)c4ccccc34)OC(=O)c3cc(N(C)C)ccc32)cc1. The minimum atomic E-state index is -1.24. The maximum atomic E-state index is 13.7. The fraction of sp³-hybridized carbons (Fsp3) is 0.152. The normalized spacial score (nSPS) is 16.2. The van der Waals surface area contributed by atoms with Gasteiger partial charge in [-0.3, -0.25) is 4.79 Å². The van der Waals surface area contributed by atoms with Gasteiger partial charge >= 0.3 is 11.9 Å². The Balaban J connectivity index is 1.73. The number of ether oxygens (including phenoxy) is 2. The molecule has 6 nitrogen and oxygen atoms in total. The zero-order chi connectivity index (χ0) is 27.3. The second-order valence-corrected chi connectivity index (χ2v) is 9.98. The van der Waals surface area contributed by atoms with Gasteiger partial charge in [-0.2, -0.15) is 0 Å². The Labute approximate surface area is 227 Å². The third-order valence-electron chi connectivity index (χ3n) is 7.39. The van der Waals surface area contributed by atoms with Gasteiger partial charge in [0, 0.05) is 61.3 Å². The average Bonchev–Trinajstić information content (AvgIpc) is 3.40. The summed E-state index contributed by atoms with van der Waals surface area (Å²) in [5.74, 6) is -0.355. The van der Waals surface area contributed by atoms with Crippen LogP contribution in [0.2, 0.25) is 0 Å². The minimum absolute atomic E-state index is 0.385. The molecule has 0 spiro atoms. The highest BCUT2D eigenvalue weighted by Crippen LogP contribution is 2.53. The van der Waals surface area contributed by atoms with Gasteiger partial charge in [0.05, 0.1) is 11.3 Å². The standard InChI is InChI=1S/C33H28N2O4/c1-21(36)38-25-17-14-23(15-18-25)33(28-19-16-24(34(2)3)20-27(28)32(37)39-33)30-26-12-8-9-13-29(26)35(4)31(30)22-10-6-5-7-11-22/h5-20H,1-4H3. The van der Waals surface area contributed by atoms with Crippen molar-refractivity contribution in [2.75, 3.05) is 19.0 Å². The predicted octanol–water partition coefficient (Wildman–Crippen LogP) is 6.30. The minimum Gasteiger partial charge on any atom is -0.440 e. The van der Waals surface area contributed by atoms with Crippen LogP contribution < -0.4 is 9.64 Å². The number of esters is 2. The number of aryl methyl sites for hydroxylation is 1. The molecule has 5 aromatic rings. The van der Waals surface area contributed by atoms with Gasteiger partial charge in [0.1, 0.15) is 5.75 Å². The molecular weight excluding hydrogens is 488 g/mol. The molecule has 0 saturated carbocycles. The van der Waals surface area contributed by atoms with Gasteiger partial charge in [-0.05, 0) is 35.9 Å². The number of carbonyl (C=O) groups excluding carboxylic acids is 2. The highest BCUT2D eigenvalue weighted by molar-refractivity contribution is 6.01. The molecule has 0 radical (unpaired) electrons. The van der Waals surface area contributed by atoms with Gasteiger partial charge in [0.25, 0.3) is 0 Å². The highest BCUT2D eigenvalue weighted by Gasteiger charge is 2.51. The van der Waals surface area contributed by atoms with E-state index in [9.17, 15) is 9.59 Å². The van der Waals surface area contributed by atoms with Crippen LogP contribution in [0.4, 0.5) is 5.69 Å². The first-order valence-corrected chi connectivity index (χ1v) is 12.8. The van der Waals surface area contributed by atoms with Crippen molar-refractivity contribution in [1.82, 2.24) is 4.57 Å². The molecule has 2 heterocycles. The first kappa shape index (κ1) is 24.5. The van der Waals surface area contributed by atoms with Gasteiger partial charge < -0.3 is 18.9 Å². The van der Waals surface area contributed by atoms with Gasteiger partial charge in [-0.1, -0.05) is 66.7 Å². The molecule has 39 heavy (non-hydrogen) atoms. The second-order valence-electron chi connectivity index (χ2n) is 9.98. The summed E-state index contributed by atoms with van der Waals surface area (Å²) < 4.78 is 14.0. The first-order chi connectivity index (χ1) is 18.8. The van der Waals surface area contributed by atoms with Crippen LogP contribution >= 0.6 is 0 Å². The number of hydrogen-bond donors (Lipinski definition) is 0. The number of anilines is 1. The van der Waals surface area contributed by atoms with E-state index in [1.54, 1.807) is 12.1 Å². The van der Waals surface area contributed by atoms with Crippen molar-refractivity contribution < 1.29 is 19.1 Å². The Morgan fingerprint density at radius 3 is 2.28 bits per heavy atom. The summed E-state index contributed by atoms with van der Waals surface area (Å²) >= 11 is 0. The number of hydrogen-bond acceptors (Lipinski definition) is 5. The van der Waals surface area contributed by atoms with E-state index in [1.807, 2.05) is 86.7 Å². The molecule has 1 atom stereocenters. The molecular formula is C33H28N2O4. The average molecular weight is 517 g/mol. The van der Waals surface area contributed by atoms with E-state index in [2.05, 4.69) is 28.8 Å². The van der Waals surface area contributed by atoms with Crippen molar-refractivity contribution in [2.45, 2.75) is 12.5 Å². The van der Waals surface area contributed by atoms with Crippen molar-refractivity contribution in [3.63, 3.8) is 0 Å². The van der Waals surface area contributed by atoms with Crippen molar-refractivity contribution in [3.8, 4) is 17.0 Å². The smallest absolute Gasteiger partial charge is 0.340 e. The van der Waals surface area contributed by atoms with Crippen molar-refractivity contribution in [3.05, 3.63) is 119 Å². The first-order valence-electron chi connectivity index (χ1n) is 12.8. The van der Waals surface area contributed by atoms with Crippen LogP contribution in [0.1, 0.15) is 34.0 Å². The fourth-order valence-corrected chi connectivity index (χ4v) is 5.69. The summed E-state index contributed by atoms with van der Waals surface area (Å²) in [4.78, 5) is 27.2. The molecule has 0 amide bonds. The molecule has 1 aliphatic rings. The molecule has 194 valence electrons. The van der Waals surface area contributed by atoms with E-state index in [0.717, 1.165) is 44.5 Å². The van der Waals surface area contributed by atoms with Crippen LogP contribution in [0.3, 0.4) is 0 Å². The fourth-order valence-electron chi connectivity index (χ4n) is 5.69. The number of carbonyl (C=O) groups is 2. The zero-order valence-electron chi connectivity index (χ0n) is 22.3. The van der Waals surface area contributed by atoms with Crippen LogP contribution in [0.5, 0.6) is 5.75 Å². The molecule has 1 aromatic heterocycles. The number of para-hydroxylation sites is 1. The predicted molar refractivity (Wildman–Crippen MR) is 152 cm³/mol. The summed E-state index contributed by atoms with van der Waals surface area (Å²) in [5, 5.41) is 0.986. The molecule has 0 aliphatic carbocycles. The number of aromatic nitrogens is 1. The third-order valence-corrected chi connectivity index (χ3v) is 7.39. The van der Waals surface area contributed by atoms with E-state index in [1.165, 1.54) is 6.92 Å². The molecule has 1 unspecified atom stereocenters. The highest BCUT2D eigenvalue weighted by atomic mass is 16.6. The van der Waals surface area contributed by atoms with E-state index < -0.39 is 11.6 Å². The molecule has 6 heteroatoms. The maximum Gasteiger partial charge on any atom is 0.340 e. The summed E-state index contributed by atoms with van der Waals surface area (Å²) in [7, 11) is 5.93. The van der Waals surface area contributed by atoms with Gasteiger partial charge in [0.2, 0.25) is 0 Å². The molecule has 0 fully saturated rings. The molecule has 6 rings (SSSR count). The molecule has 1 aliphatic heterocycles. The molecule has 0 bridgehead atoms. The molecule has 4 aromatic carbocycles. The lowest BCUT2D eigenvalue weighted by atomic mass is 9.77. The molecule has 0 N–H and O–H groups in total. The van der Waals surface area contributed by atoms with Crippen molar-refractivity contribution in [1.29, 1.82) is 0 Å². The quantitative estimate of drug-likeness (QED) is 0.203.